The van der Waals surface area contributed by atoms with E-state index >= 15 is 0 Å². The summed E-state index contributed by atoms with van der Waals surface area (Å²) in [4.78, 5) is 11.6. The number of nitrogens with one attached hydrogen (secondary N) is 1. The van der Waals surface area contributed by atoms with Gasteiger partial charge in [-0.25, -0.2) is 0 Å². The molecule has 0 radical (unpaired) electrons. The fourth-order valence-corrected chi connectivity index (χ4v) is 2.99. The zero-order valence-corrected chi connectivity index (χ0v) is 12.5. The molecule has 90 valence electrons. The molecule has 1 N–H and O–H groups in total. The van der Waals surface area contributed by atoms with Crippen LogP contribution in [0.3, 0.4) is 0 Å². The van der Waals surface area contributed by atoms with Gasteiger partial charge < -0.3 is 5.32 Å². The van der Waals surface area contributed by atoms with Crippen molar-refractivity contribution in [3.63, 3.8) is 0 Å². The molecule has 1 aromatic rings. The Bertz CT molecular complexity index is 468. The van der Waals surface area contributed by atoms with E-state index in [1.807, 2.05) is 24.4 Å². The lowest BCUT2D eigenvalue weighted by Gasteiger charge is -2.13. The largest absolute Gasteiger partial charge is 0.360 e. The van der Waals surface area contributed by atoms with Gasteiger partial charge in [0.1, 0.15) is 0 Å². The number of Topliss-reactive ketones (excluding diaryl/α,β-unsaturated/α-hetero) is 1. The van der Waals surface area contributed by atoms with Crippen molar-refractivity contribution in [3.05, 3.63) is 38.9 Å². The van der Waals surface area contributed by atoms with E-state index in [9.17, 15) is 4.79 Å². The lowest BCUT2D eigenvalue weighted by Crippen LogP contribution is -2.09. The summed E-state index contributed by atoms with van der Waals surface area (Å²) in [5, 5.41) is 3.19. The molecule has 0 saturated heterocycles. The molecule has 0 aliphatic heterocycles. The van der Waals surface area contributed by atoms with Crippen molar-refractivity contribution >= 4 is 43.3 Å². The third-order valence-electron chi connectivity index (χ3n) is 2.79. The van der Waals surface area contributed by atoms with E-state index in [-0.39, 0.29) is 5.78 Å². The van der Waals surface area contributed by atoms with Crippen LogP contribution >= 0.6 is 31.9 Å². The highest BCUT2D eigenvalue weighted by Crippen LogP contribution is 2.27. The molecule has 1 aliphatic rings. The van der Waals surface area contributed by atoms with Gasteiger partial charge in [-0.1, -0.05) is 15.9 Å². The summed E-state index contributed by atoms with van der Waals surface area (Å²) in [5.74, 6) is 0.275. The predicted molar refractivity (Wildman–Crippen MR) is 77.0 cm³/mol. The van der Waals surface area contributed by atoms with Crippen molar-refractivity contribution in [2.75, 3.05) is 5.32 Å². The summed E-state index contributed by atoms with van der Waals surface area (Å²) in [6.07, 6.45) is 5.56. The second kappa shape index (κ2) is 5.83. The molecule has 1 saturated carbocycles. The van der Waals surface area contributed by atoms with Gasteiger partial charge in [0, 0.05) is 27.1 Å². The molecule has 17 heavy (non-hydrogen) atoms. The number of hydrogen-bond donors (Lipinski definition) is 1. The van der Waals surface area contributed by atoms with E-state index in [1.54, 1.807) is 0 Å². The maximum atomic E-state index is 11.6. The monoisotopic (exact) mass is 357 g/mol. The first-order valence-electron chi connectivity index (χ1n) is 5.60. The maximum absolute atomic E-state index is 11.6. The Morgan fingerprint density at radius 2 is 1.94 bits per heavy atom. The number of allylic oxidation sites excluding steroid dienone is 1. The van der Waals surface area contributed by atoms with Crippen LogP contribution in [0.25, 0.3) is 0 Å². The summed E-state index contributed by atoms with van der Waals surface area (Å²) < 4.78 is 2.00. The summed E-state index contributed by atoms with van der Waals surface area (Å²) in [6.45, 7) is 0. The molecular formula is C13H13Br2NO. The average molecular weight is 359 g/mol. The van der Waals surface area contributed by atoms with Gasteiger partial charge >= 0.3 is 0 Å². The number of hydrogen-bond acceptors (Lipinski definition) is 2. The van der Waals surface area contributed by atoms with Crippen molar-refractivity contribution in [1.29, 1.82) is 0 Å². The average Bonchev–Trinajstić information content (AvgIpc) is 2.30. The second-order valence-electron chi connectivity index (χ2n) is 4.07. The van der Waals surface area contributed by atoms with Crippen LogP contribution in [-0.2, 0) is 4.79 Å². The predicted octanol–water partition coefficient (Wildman–Crippen LogP) is 4.65. The Hall–Kier alpha value is -0.610. The van der Waals surface area contributed by atoms with E-state index in [0.29, 0.717) is 6.42 Å². The van der Waals surface area contributed by atoms with E-state index in [0.717, 1.165) is 39.5 Å². The number of anilines is 1. The summed E-state index contributed by atoms with van der Waals surface area (Å²) in [5.41, 5.74) is 1.88. The summed E-state index contributed by atoms with van der Waals surface area (Å²) >= 11 is 6.89. The molecule has 0 aromatic heterocycles. The zero-order valence-electron chi connectivity index (χ0n) is 9.30. The van der Waals surface area contributed by atoms with Gasteiger partial charge in [0.25, 0.3) is 0 Å². The standard InChI is InChI=1S/C13H13Br2NO/c14-10-5-6-12(11(15)7-10)16-8-9-3-1-2-4-13(9)17/h5-8,16H,1-4H2/b9-8-. The SMILES string of the molecule is O=C1CCCC/C1=C/Nc1ccc(Br)cc1Br. The van der Waals surface area contributed by atoms with E-state index in [2.05, 4.69) is 37.2 Å². The van der Waals surface area contributed by atoms with Crippen LogP contribution in [0, 0.1) is 0 Å². The highest BCUT2D eigenvalue weighted by atomic mass is 79.9. The molecule has 1 aromatic carbocycles. The van der Waals surface area contributed by atoms with Crippen LogP contribution in [0.4, 0.5) is 5.69 Å². The van der Waals surface area contributed by atoms with Gasteiger partial charge in [-0.05, 0) is 53.4 Å². The fraction of sp³-hybridized carbons (Fsp3) is 0.308. The molecular weight excluding hydrogens is 346 g/mol. The smallest absolute Gasteiger partial charge is 0.160 e. The number of benzene rings is 1. The Morgan fingerprint density at radius 3 is 2.65 bits per heavy atom. The van der Waals surface area contributed by atoms with Gasteiger partial charge in [0.05, 0.1) is 5.69 Å². The van der Waals surface area contributed by atoms with E-state index in [1.165, 1.54) is 0 Å². The van der Waals surface area contributed by atoms with Gasteiger partial charge in [-0.3, -0.25) is 4.79 Å². The minimum atomic E-state index is 0.275. The molecule has 0 spiro atoms. The summed E-state index contributed by atoms with van der Waals surface area (Å²) in [6, 6.07) is 5.91. The number of rotatable bonds is 2. The normalized spacial score (nSPS) is 18.5. The van der Waals surface area contributed by atoms with Crippen molar-refractivity contribution in [2.45, 2.75) is 25.7 Å². The molecule has 1 aliphatic carbocycles. The molecule has 0 atom stereocenters. The Balaban J connectivity index is 2.10. The van der Waals surface area contributed by atoms with E-state index in [4.69, 9.17) is 0 Å². The number of ketones is 1. The zero-order chi connectivity index (χ0) is 12.3. The van der Waals surface area contributed by atoms with Crippen LogP contribution in [-0.4, -0.2) is 5.78 Å². The van der Waals surface area contributed by atoms with Crippen molar-refractivity contribution in [2.24, 2.45) is 0 Å². The minimum absolute atomic E-state index is 0.275. The first-order valence-corrected chi connectivity index (χ1v) is 7.19. The molecule has 2 rings (SSSR count). The Labute approximate surface area is 118 Å². The van der Waals surface area contributed by atoms with Crippen LogP contribution in [0.15, 0.2) is 38.9 Å². The lowest BCUT2D eigenvalue weighted by atomic mass is 9.94. The molecule has 0 unspecified atom stereocenters. The van der Waals surface area contributed by atoms with Gasteiger partial charge in [0.2, 0.25) is 0 Å². The minimum Gasteiger partial charge on any atom is -0.360 e. The molecule has 0 amide bonds. The van der Waals surface area contributed by atoms with Crippen LogP contribution in [0.1, 0.15) is 25.7 Å². The van der Waals surface area contributed by atoms with E-state index < -0.39 is 0 Å². The highest BCUT2D eigenvalue weighted by Gasteiger charge is 2.14. The van der Waals surface area contributed by atoms with Crippen LogP contribution < -0.4 is 5.32 Å². The number of carbonyl (C=O) groups is 1. The van der Waals surface area contributed by atoms with Crippen LogP contribution in [0.2, 0.25) is 0 Å². The summed E-state index contributed by atoms with van der Waals surface area (Å²) in [7, 11) is 0. The topological polar surface area (TPSA) is 29.1 Å². The fourth-order valence-electron chi connectivity index (χ4n) is 1.83. The second-order valence-corrected chi connectivity index (χ2v) is 5.84. The third-order valence-corrected chi connectivity index (χ3v) is 3.94. The lowest BCUT2D eigenvalue weighted by molar-refractivity contribution is -0.116. The maximum Gasteiger partial charge on any atom is 0.160 e. The van der Waals surface area contributed by atoms with Crippen molar-refractivity contribution in [3.8, 4) is 0 Å². The quantitative estimate of drug-likeness (QED) is 0.779. The molecule has 0 heterocycles. The highest BCUT2D eigenvalue weighted by molar-refractivity contribution is 9.11. The van der Waals surface area contributed by atoms with Crippen LogP contribution in [0.5, 0.6) is 0 Å². The van der Waals surface area contributed by atoms with Crippen molar-refractivity contribution < 1.29 is 4.79 Å². The first-order chi connectivity index (χ1) is 8.16. The van der Waals surface area contributed by atoms with Gasteiger partial charge in [-0.15, -0.1) is 0 Å². The van der Waals surface area contributed by atoms with Crippen molar-refractivity contribution in [1.82, 2.24) is 0 Å². The van der Waals surface area contributed by atoms with Gasteiger partial charge in [-0.2, -0.15) is 0 Å². The van der Waals surface area contributed by atoms with Gasteiger partial charge in [0.15, 0.2) is 5.78 Å². The molecule has 2 nitrogen and oxygen atoms in total. The number of carbonyl (C=O) groups excluding carboxylic acids is 1. The molecule has 0 bridgehead atoms. The molecule has 4 heteroatoms. The molecule has 1 fully saturated rings. The Kier molecular flexibility index (Phi) is 4.40. The Morgan fingerprint density at radius 1 is 1.18 bits per heavy atom. The third kappa shape index (κ3) is 3.42. The number of halogens is 2. The first kappa shape index (κ1) is 12.8.